The van der Waals surface area contributed by atoms with E-state index in [1.807, 2.05) is 13.0 Å². The van der Waals surface area contributed by atoms with Crippen molar-refractivity contribution in [2.45, 2.75) is 32.4 Å². The van der Waals surface area contributed by atoms with Crippen molar-refractivity contribution >= 4 is 5.82 Å². The molecule has 2 rings (SSSR count). The lowest BCUT2D eigenvalue weighted by atomic mass is 10.0. The summed E-state index contributed by atoms with van der Waals surface area (Å²) in [5.41, 5.74) is 6.70. The Labute approximate surface area is 109 Å². The first-order valence-corrected chi connectivity index (χ1v) is 6.53. The summed E-state index contributed by atoms with van der Waals surface area (Å²) < 4.78 is 0. The van der Waals surface area contributed by atoms with Crippen LogP contribution in [-0.4, -0.2) is 53.0 Å². The highest BCUT2D eigenvalue weighted by Crippen LogP contribution is 2.16. The number of nitrogens with two attached hydrogens (primary N) is 1. The molecular weight excluding hydrogens is 226 g/mol. The molecule has 1 aliphatic rings. The van der Waals surface area contributed by atoms with E-state index >= 15 is 0 Å². The lowest BCUT2D eigenvalue weighted by Crippen LogP contribution is -2.41. The van der Waals surface area contributed by atoms with Crippen LogP contribution in [0.25, 0.3) is 0 Å². The van der Waals surface area contributed by atoms with Crippen molar-refractivity contribution in [2.75, 3.05) is 32.9 Å². The summed E-state index contributed by atoms with van der Waals surface area (Å²) in [6.07, 6.45) is 2.43. The predicted octanol–water partition coefficient (Wildman–Crippen LogP) is 0.893. The van der Waals surface area contributed by atoms with Crippen LogP contribution in [0.15, 0.2) is 6.07 Å². The molecule has 0 spiro atoms. The van der Waals surface area contributed by atoms with E-state index < -0.39 is 0 Å². The standard InChI is InChI=1S/C13H23N5/c1-10-8-12(14)16-13(15-10)9-18-6-4-11(5-7-18)17(2)3/h8,11H,4-7,9H2,1-3H3,(H2,14,15,16). The number of anilines is 1. The van der Waals surface area contributed by atoms with E-state index in [4.69, 9.17) is 5.73 Å². The Morgan fingerprint density at radius 1 is 1.33 bits per heavy atom. The molecule has 0 aromatic carbocycles. The molecule has 2 N–H and O–H groups in total. The number of likely N-dealkylation sites (tertiary alicyclic amines) is 1. The lowest BCUT2D eigenvalue weighted by Gasteiger charge is -2.34. The van der Waals surface area contributed by atoms with Gasteiger partial charge < -0.3 is 10.6 Å². The maximum Gasteiger partial charge on any atom is 0.144 e. The van der Waals surface area contributed by atoms with Crippen molar-refractivity contribution in [2.24, 2.45) is 0 Å². The van der Waals surface area contributed by atoms with Crippen LogP contribution >= 0.6 is 0 Å². The smallest absolute Gasteiger partial charge is 0.144 e. The lowest BCUT2D eigenvalue weighted by molar-refractivity contribution is 0.137. The first-order chi connectivity index (χ1) is 8.54. The second kappa shape index (κ2) is 5.63. The number of hydrogen-bond acceptors (Lipinski definition) is 5. The molecule has 5 nitrogen and oxygen atoms in total. The van der Waals surface area contributed by atoms with E-state index in [-0.39, 0.29) is 0 Å². The fourth-order valence-corrected chi connectivity index (χ4v) is 2.52. The summed E-state index contributed by atoms with van der Waals surface area (Å²) in [6.45, 7) is 4.99. The summed E-state index contributed by atoms with van der Waals surface area (Å²) in [5.74, 6) is 1.41. The van der Waals surface area contributed by atoms with Crippen molar-refractivity contribution in [1.82, 2.24) is 19.8 Å². The summed E-state index contributed by atoms with van der Waals surface area (Å²) >= 11 is 0. The Bertz CT molecular complexity index is 376. The zero-order valence-electron chi connectivity index (χ0n) is 11.6. The zero-order valence-corrected chi connectivity index (χ0v) is 11.6. The van der Waals surface area contributed by atoms with Crippen LogP contribution in [0.1, 0.15) is 24.4 Å². The van der Waals surface area contributed by atoms with Crippen LogP contribution in [0, 0.1) is 6.92 Å². The molecule has 100 valence electrons. The fraction of sp³-hybridized carbons (Fsp3) is 0.692. The van der Waals surface area contributed by atoms with Crippen molar-refractivity contribution in [1.29, 1.82) is 0 Å². The molecule has 1 aromatic heterocycles. The summed E-state index contributed by atoms with van der Waals surface area (Å²) in [4.78, 5) is 13.5. The Morgan fingerprint density at radius 2 is 2.00 bits per heavy atom. The third-order valence-corrected chi connectivity index (χ3v) is 3.57. The van der Waals surface area contributed by atoms with Gasteiger partial charge in [-0.15, -0.1) is 0 Å². The van der Waals surface area contributed by atoms with E-state index in [0.717, 1.165) is 31.2 Å². The molecule has 18 heavy (non-hydrogen) atoms. The Hall–Kier alpha value is -1.20. The molecule has 1 saturated heterocycles. The van der Waals surface area contributed by atoms with Crippen molar-refractivity contribution in [3.8, 4) is 0 Å². The number of nitrogens with zero attached hydrogens (tertiary/aromatic N) is 4. The number of piperidine rings is 1. The van der Waals surface area contributed by atoms with Gasteiger partial charge in [0.2, 0.25) is 0 Å². The van der Waals surface area contributed by atoms with Gasteiger partial charge in [-0.3, -0.25) is 4.90 Å². The molecule has 2 heterocycles. The normalized spacial score (nSPS) is 18.4. The van der Waals surface area contributed by atoms with E-state index in [9.17, 15) is 0 Å². The van der Waals surface area contributed by atoms with E-state index in [0.29, 0.717) is 11.9 Å². The summed E-state index contributed by atoms with van der Waals surface area (Å²) in [5, 5.41) is 0. The first-order valence-electron chi connectivity index (χ1n) is 6.53. The van der Waals surface area contributed by atoms with Crippen molar-refractivity contribution in [3.05, 3.63) is 17.6 Å². The SMILES string of the molecule is Cc1cc(N)nc(CN2CCC(N(C)C)CC2)n1. The van der Waals surface area contributed by atoms with Gasteiger partial charge in [-0.05, 0) is 33.9 Å². The van der Waals surface area contributed by atoms with Gasteiger partial charge in [0, 0.05) is 30.9 Å². The van der Waals surface area contributed by atoms with E-state index in [1.54, 1.807) is 0 Å². The molecule has 5 heteroatoms. The minimum Gasteiger partial charge on any atom is -0.384 e. The predicted molar refractivity (Wildman–Crippen MR) is 73.2 cm³/mol. The molecule has 0 unspecified atom stereocenters. The Balaban J connectivity index is 1.91. The maximum atomic E-state index is 5.75. The first kappa shape index (κ1) is 13.2. The number of nitrogen functional groups attached to an aromatic ring is 1. The zero-order chi connectivity index (χ0) is 13.1. The average Bonchev–Trinajstić information content (AvgIpc) is 2.28. The quantitative estimate of drug-likeness (QED) is 0.862. The van der Waals surface area contributed by atoms with Gasteiger partial charge in [0.25, 0.3) is 0 Å². The highest BCUT2D eigenvalue weighted by molar-refractivity contribution is 5.29. The molecule has 0 radical (unpaired) electrons. The molecule has 1 fully saturated rings. The van der Waals surface area contributed by atoms with Gasteiger partial charge in [0.1, 0.15) is 11.6 Å². The highest BCUT2D eigenvalue weighted by Gasteiger charge is 2.21. The molecule has 0 bridgehead atoms. The Morgan fingerprint density at radius 3 is 2.56 bits per heavy atom. The third-order valence-electron chi connectivity index (χ3n) is 3.57. The van der Waals surface area contributed by atoms with Gasteiger partial charge >= 0.3 is 0 Å². The molecular formula is C13H23N5. The third kappa shape index (κ3) is 3.40. The highest BCUT2D eigenvalue weighted by atomic mass is 15.2. The number of aryl methyl sites for hydroxylation is 1. The number of hydrogen-bond donors (Lipinski definition) is 1. The van der Waals surface area contributed by atoms with Crippen molar-refractivity contribution < 1.29 is 0 Å². The van der Waals surface area contributed by atoms with Crippen LogP contribution in [-0.2, 0) is 6.54 Å². The van der Waals surface area contributed by atoms with Crippen LogP contribution in [0.5, 0.6) is 0 Å². The van der Waals surface area contributed by atoms with E-state index in [1.165, 1.54) is 12.8 Å². The molecule has 0 atom stereocenters. The second-order valence-corrected chi connectivity index (χ2v) is 5.32. The van der Waals surface area contributed by atoms with Gasteiger partial charge in [0.05, 0.1) is 6.54 Å². The monoisotopic (exact) mass is 249 g/mol. The minimum atomic E-state index is 0.570. The Kier molecular flexibility index (Phi) is 4.14. The van der Waals surface area contributed by atoms with E-state index in [2.05, 4.69) is 33.9 Å². The van der Waals surface area contributed by atoms with Crippen LogP contribution < -0.4 is 5.73 Å². The molecule has 0 saturated carbocycles. The topological polar surface area (TPSA) is 58.3 Å². The largest absolute Gasteiger partial charge is 0.384 e. The molecule has 1 aliphatic heterocycles. The van der Waals surface area contributed by atoms with Gasteiger partial charge in [-0.2, -0.15) is 0 Å². The summed E-state index contributed by atoms with van der Waals surface area (Å²) in [7, 11) is 4.31. The molecule has 0 aliphatic carbocycles. The average molecular weight is 249 g/mol. The number of rotatable bonds is 3. The minimum absolute atomic E-state index is 0.570. The molecule has 0 amide bonds. The second-order valence-electron chi connectivity index (χ2n) is 5.32. The fourth-order valence-electron chi connectivity index (χ4n) is 2.52. The van der Waals surface area contributed by atoms with Gasteiger partial charge in [0.15, 0.2) is 0 Å². The number of aromatic nitrogens is 2. The van der Waals surface area contributed by atoms with Crippen LogP contribution in [0.4, 0.5) is 5.82 Å². The van der Waals surface area contributed by atoms with Gasteiger partial charge in [-0.1, -0.05) is 0 Å². The van der Waals surface area contributed by atoms with Crippen LogP contribution in [0.2, 0.25) is 0 Å². The van der Waals surface area contributed by atoms with Crippen LogP contribution in [0.3, 0.4) is 0 Å². The molecule has 1 aromatic rings. The van der Waals surface area contributed by atoms with Gasteiger partial charge in [-0.25, -0.2) is 9.97 Å². The van der Waals surface area contributed by atoms with Crippen molar-refractivity contribution in [3.63, 3.8) is 0 Å². The maximum absolute atomic E-state index is 5.75. The summed E-state index contributed by atoms with van der Waals surface area (Å²) in [6, 6.07) is 2.52.